The van der Waals surface area contributed by atoms with Gasteiger partial charge in [0.1, 0.15) is 0 Å². The molecule has 4 heterocycles. The minimum absolute atomic E-state index is 0.0316. The van der Waals surface area contributed by atoms with E-state index < -0.39 is 92.6 Å². The minimum atomic E-state index is -1.48. The smallest absolute Gasteiger partial charge is 0.337 e. The molecular formula is C104H125N5O29. The Balaban J connectivity index is 0.000000341. The molecule has 34 nitrogen and oxygen atoms in total. The van der Waals surface area contributed by atoms with Crippen molar-refractivity contribution in [3.63, 3.8) is 0 Å². The molecule has 7 aromatic rings. The van der Waals surface area contributed by atoms with Crippen molar-refractivity contribution < 1.29 is 139 Å². The van der Waals surface area contributed by atoms with Crippen molar-refractivity contribution in [1.29, 1.82) is 5.26 Å². The normalized spacial score (nSPS) is 17.4. The molecule has 138 heavy (non-hydrogen) atoms. The number of benzene rings is 6. The molecule has 3 fully saturated rings. The van der Waals surface area contributed by atoms with Gasteiger partial charge in [0.2, 0.25) is 35.4 Å². The Labute approximate surface area is 803 Å². The van der Waals surface area contributed by atoms with E-state index in [9.17, 15) is 86.3 Å². The first kappa shape index (κ1) is 116. The maximum atomic E-state index is 12.6. The number of carboxylic acid groups (broad SMARTS) is 1. The number of esters is 10. The molecule has 34 heteroatoms. The van der Waals surface area contributed by atoms with E-state index in [1.807, 2.05) is 117 Å². The van der Waals surface area contributed by atoms with Crippen LogP contribution in [0.2, 0.25) is 0 Å². The van der Waals surface area contributed by atoms with Gasteiger partial charge in [-0.1, -0.05) is 133 Å². The number of pyridine rings is 1. The molecule has 0 radical (unpaired) electrons. The summed E-state index contributed by atoms with van der Waals surface area (Å²) in [6.45, 7) is 27.0. The predicted octanol–water partition coefficient (Wildman–Crippen LogP) is 13.8. The molecular weight excluding hydrogens is 1780 g/mol. The Bertz CT molecular complexity index is 5540. The maximum Gasteiger partial charge on any atom is 0.337 e. The number of carbonyl (C=O) groups excluding carboxylic acids is 17. The number of nitriles is 1. The lowest BCUT2D eigenvalue weighted by Gasteiger charge is -2.31. The van der Waals surface area contributed by atoms with E-state index in [1.165, 1.54) is 97.1 Å². The van der Waals surface area contributed by atoms with E-state index in [-0.39, 0.29) is 120 Å². The Morgan fingerprint density at radius 3 is 0.942 bits per heavy atom. The number of rotatable bonds is 28. The summed E-state index contributed by atoms with van der Waals surface area (Å²) in [4.78, 5) is 212. The van der Waals surface area contributed by atoms with Gasteiger partial charge in [-0.3, -0.25) is 83.3 Å². The van der Waals surface area contributed by atoms with Gasteiger partial charge in [-0.2, -0.15) is 5.26 Å². The van der Waals surface area contributed by atoms with E-state index in [4.69, 9.17) is 29.3 Å². The number of aromatic nitrogens is 1. The molecule has 11 atom stereocenters. The monoisotopic (exact) mass is 1910 g/mol. The predicted molar refractivity (Wildman–Crippen MR) is 502 cm³/mol. The first-order valence-electron chi connectivity index (χ1n) is 43.8. The number of amides is 6. The number of aryl methyl sites for hydroxylation is 3. The number of imide groups is 3. The fourth-order valence-electron chi connectivity index (χ4n) is 15.3. The van der Waals surface area contributed by atoms with Crippen molar-refractivity contribution in [3.8, 4) is 6.07 Å². The summed E-state index contributed by atoms with van der Waals surface area (Å²) in [6, 6.07) is 47.1. The molecule has 4 N–H and O–H groups in total. The highest BCUT2D eigenvalue weighted by Gasteiger charge is 2.52. The number of ether oxygens (including phenoxy) is 10. The van der Waals surface area contributed by atoms with E-state index in [0.717, 1.165) is 44.8 Å². The summed E-state index contributed by atoms with van der Waals surface area (Å²) in [6.07, 6.45) is 1.71. The number of nitrogens with one attached hydrogen (secondary N) is 3. The number of hydrogen-bond donors (Lipinski definition) is 4. The van der Waals surface area contributed by atoms with Crippen LogP contribution in [-0.2, 0) is 111 Å². The van der Waals surface area contributed by atoms with Crippen LogP contribution in [0, 0.1) is 64.1 Å². The second kappa shape index (κ2) is 52.3. The number of carbonyl (C=O) groups is 18. The lowest BCUT2D eigenvalue weighted by atomic mass is 9.72. The molecule has 0 saturated carbocycles. The first-order valence-corrected chi connectivity index (χ1v) is 43.8. The van der Waals surface area contributed by atoms with Crippen molar-refractivity contribution in [2.75, 3.05) is 71.1 Å². The summed E-state index contributed by atoms with van der Waals surface area (Å²) in [7, 11) is 12.9. The van der Waals surface area contributed by atoms with Gasteiger partial charge in [-0.25, -0.2) is 24.0 Å². The molecule has 740 valence electrons. The zero-order valence-electron chi connectivity index (χ0n) is 82.6. The molecule has 3 saturated heterocycles. The number of ketones is 1. The van der Waals surface area contributed by atoms with Crippen LogP contribution in [0.25, 0.3) is 0 Å². The van der Waals surface area contributed by atoms with Crippen LogP contribution in [-0.4, -0.2) is 188 Å². The van der Waals surface area contributed by atoms with Gasteiger partial charge in [0, 0.05) is 48.6 Å². The zero-order valence-corrected chi connectivity index (χ0v) is 82.6. The second-order valence-corrected chi connectivity index (χ2v) is 34.5. The van der Waals surface area contributed by atoms with E-state index in [0.29, 0.717) is 46.2 Å². The van der Waals surface area contributed by atoms with Gasteiger partial charge in [0.05, 0.1) is 139 Å². The SMILES string of the molecule is COC(=O)C(C)C(=O)OC.COC(=O)c1ccc([C@@H](C)C(C)(C(=O)OC)C(=O)OC)cc1.COC(=O)c1ccc([C@@H](C)C(C)(CC#N)C(=O)OC)cc1.COC(=O)c1ccc([C@@H](C)C(C)C(=O)OC)cc1.COC(=O)c1ccc([C@@H](C)[C@]2(C)CC(=O)NC2=O)cc1.C[C@H](c1ccc(C(=O)O)cc1)[C@]1(C)CC(=O)NC1=O.Cc1cc(CCC(=O)c2ccc([C@@H](C)[C@]3(C)CC(=O)NC3=O)cc2)cc(C)n1. The molecule has 0 aliphatic carbocycles. The van der Waals surface area contributed by atoms with E-state index in [1.54, 1.807) is 125 Å². The van der Waals surface area contributed by atoms with Gasteiger partial charge < -0.3 is 52.5 Å². The van der Waals surface area contributed by atoms with Crippen molar-refractivity contribution in [1.82, 2.24) is 20.9 Å². The van der Waals surface area contributed by atoms with Gasteiger partial charge in [0.15, 0.2) is 17.1 Å². The third-order valence-electron chi connectivity index (χ3n) is 25.9. The minimum Gasteiger partial charge on any atom is -0.478 e. The highest BCUT2D eigenvalue weighted by Crippen LogP contribution is 2.46. The van der Waals surface area contributed by atoms with Crippen LogP contribution in [0.3, 0.4) is 0 Å². The quantitative estimate of drug-likeness (QED) is 0.0116. The number of hydrogen-bond acceptors (Lipinski definition) is 30. The topological polar surface area (TPSA) is 493 Å². The van der Waals surface area contributed by atoms with Crippen molar-refractivity contribution in [3.05, 3.63) is 241 Å². The molecule has 6 aromatic carbocycles. The molecule has 0 spiro atoms. The average Bonchev–Trinajstić information content (AvgIpc) is 1.59. The average molecular weight is 1910 g/mol. The summed E-state index contributed by atoms with van der Waals surface area (Å²) in [5.74, 6) is -9.33. The molecule has 0 bridgehead atoms. The lowest BCUT2D eigenvalue weighted by molar-refractivity contribution is -0.169. The highest BCUT2D eigenvalue weighted by molar-refractivity contribution is 6.08. The fourth-order valence-corrected chi connectivity index (χ4v) is 15.3. The Morgan fingerprint density at radius 1 is 0.391 bits per heavy atom. The number of methoxy groups -OCH3 is 10. The maximum absolute atomic E-state index is 12.6. The molecule has 2 unspecified atom stereocenters. The zero-order chi connectivity index (χ0) is 104. The Hall–Kier alpha value is -14.8. The highest BCUT2D eigenvalue weighted by atomic mass is 16.6. The largest absolute Gasteiger partial charge is 0.478 e. The van der Waals surface area contributed by atoms with E-state index in [2.05, 4.69) is 49.4 Å². The third kappa shape index (κ3) is 29.6. The van der Waals surface area contributed by atoms with Gasteiger partial charge in [-0.05, 0) is 203 Å². The number of nitrogens with zero attached hydrogens (tertiary/aromatic N) is 2. The fraction of sp³-hybridized carbons (Fsp3) is 0.423. The second-order valence-electron chi connectivity index (χ2n) is 34.5. The number of carboxylic acids is 1. The van der Waals surface area contributed by atoms with Crippen LogP contribution in [0.15, 0.2) is 158 Å². The lowest BCUT2D eigenvalue weighted by Crippen LogP contribution is -2.42. The summed E-state index contributed by atoms with van der Waals surface area (Å²) >= 11 is 0. The Kier molecular flexibility index (Phi) is 43.8. The number of Topliss-reactive ketones (excluding diaryl/α,β-unsaturated/α-hetero) is 1. The van der Waals surface area contributed by atoms with Crippen molar-refractivity contribution in [2.45, 2.75) is 178 Å². The summed E-state index contributed by atoms with van der Waals surface area (Å²) in [5, 5.41) is 24.9. The first-order chi connectivity index (χ1) is 64.8. The molecule has 6 amide bonds. The van der Waals surface area contributed by atoms with Gasteiger partial charge in [0.25, 0.3) is 0 Å². The van der Waals surface area contributed by atoms with Gasteiger partial charge >= 0.3 is 65.7 Å². The van der Waals surface area contributed by atoms with Crippen LogP contribution in [0.1, 0.15) is 270 Å². The van der Waals surface area contributed by atoms with Crippen LogP contribution in [0.5, 0.6) is 0 Å². The van der Waals surface area contributed by atoms with E-state index >= 15 is 0 Å². The third-order valence-corrected chi connectivity index (χ3v) is 25.9. The standard InChI is InChI=1S/C23H26N2O3.C16H19NO4.C16H20O6.C15H17NO4.C14H15NO4.C14H18O4.C6H10O4/c1-14-11-17(12-15(2)24-14)5-10-20(26)19-8-6-18(7-9-19)16(3)23(4)13-21(27)25-22(23)28;1-11(16(2,9-10-17)15(19)21-4)12-5-7-13(8-6-12)14(18)20-3;1-10(16(2,14(18)21-4)15(19)22-5)11-6-8-12(9-7-11)13(17)20-3;1-9(15(2)8-12(17)16-14(15)19)10-4-6-11(7-5-10)13(18)20-3;1-8(14(2)7-11(16)15-13(14)19)9-3-5-10(6-4-9)12(17)18;1-9(10(2)13(15)17-3)11-5-7-12(8-6-11)14(16)18-4;1-4(5(7)9-2)6(8)10-3/h6-9,11-12,16H,5,10,13H2,1-4H3,(H,25,27,28);5-8,11H,9H2,1-4H3;6-10H,1-5H3;4-7,9H,8H2,1-3H3,(H,16,17,19);3-6,8H,7H2,1-2H3,(H,17,18)(H,15,16,19);5-10H,1-4H3;4H,1-3H3/t16-,23+;11-,16?;10-;9-,15+;8-,14+;9-,10?;/m111110./s1. The summed E-state index contributed by atoms with van der Waals surface area (Å²) in [5.41, 5.74) is 6.25. The van der Waals surface area contributed by atoms with Crippen LogP contribution < -0.4 is 16.0 Å². The molecule has 3 aliphatic heterocycles. The van der Waals surface area contributed by atoms with Crippen LogP contribution >= 0.6 is 0 Å². The molecule has 1 aromatic heterocycles. The van der Waals surface area contributed by atoms with Gasteiger partial charge in [-0.15, -0.1) is 0 Å². The molecule has 10 rings (SSSR count). The Morgan fingerprint density at radius 2 is 0.674 bits per heavy atom. The summed E-state index contributed by atoms with van der Waals surface area (Å²) < 4.78 is 46.2. The van der Waals surface area contributed by atoms with Crippen LogP contribution in [0.4, 0.5) is 0 Å². The molecule has 3 aliphatic rings. The van der Waals surface area contributed by atoms with Crippen molar-refractivity contribution >= 4 is 107 Å². The van der Waals surface area contributed by atoms with Crippen molar-refractivity contribution in [2.24, 2.45) is 38.9 Å². The number of aromatic carboxylic acids is 1.